The Hall–Kier alpha value is -3.51. The zero-order chi connectivity index (χ0) is 19.6. The molecule has 0 unspecified atom stereocenters. The molecule has 1 N–H and O–H groups in total. The Bertz CT molecular complexity index is 1190. The summed E-state index contributed by atoms with van der Waals surface area (Å²) < 4.78 is 28.5. The second-order valence-electron chi connectivity index (χ2n) is 5.77. The highest BCUT2D eigenvalue weighted by Crippen LogP contribution is 2.17. The van der Waals surface area contributed by atoms with Crippen molar-refractivity contribution in [3.05, 3.63) is 76.0 Å². The van der Waals surface area contributed by atoms with Crippen LogP contribution in [0.15, 0.2) is 58.5 Å². The average molecular weight is 381 g/mol. The van der Waals surface area contributed by atoms with Crippen LogP contribution >= 0.6 is 0 Å². The maximum absolute atomic E-state index is 12.6. The minimum Gasteiger partial charge on any atom is -0.280 e. The fourth-order valence-corrected chi connectivity index (χ4v) is 3.61. The summed E-state index contributed by atoms with van der Waals surface area (Å²) in [6.45, 7) is 3.44. The Morgan fingerprint density at radius 2 is 1.74 bits per heavy atom. The van der Waals surface area contributed by atoms with E-state index in [2.05, 4.69) is 14.7 Å². The lowest BCUT2D eigenvalue weighted by Gasteiger charge is -2.13. The lowest BCUT2D eigenvalue weighted by Crippen LogP contribution is -2.24. The van der Waals surface area contributed by atoms with Gasteiger partial charge in [-0.1, -0.05) is 0 Å². The third-order valence-corrected chi connectivity index (χ3v) is 5.24. The van der Waals surface area contributed by atoms with Crippen LogP contribution in [0.4, 0.5) is 5.95 Å². The zero-order valence-corrected chi connectivity index (χ0v) is 15.4. The molecule has 27 heavy (non-hydrogen) atoms. The number of aromatic nitrogens is 3. The average Bonchev–Trinajstić information content (AvgIpc) is 2.62. The molecular formula is C18H15N5O3S. The molecule has 3 aromatic rings. The van der Waals surface area contributed by atoms with Crippen molar-refractivity contribution in [2.45, 2.75) is 18.7 Å². The molecule has 136 valence electrons. The second-order valence-corrected chi connectivity index (χ2v) is 7.45. The maximum Gasteiger partial charge on any atom is 0.273 e. The number of anilines is 1. The van der Waals surface area contributed by atoms with Gasteiger partial charge in [0.2, 0.25) is 5.95 Å². The quantitative estimate of drug-likeness (QED) is 0.738. The number of hydrogen-bond donors (Lipinski definition) is 1. The van der Waals surface area contributed by atoms with E-state index >= 15 is 0 Å². The highest BCUT2D eigenvalue weighted by atomic mass is 32.2. The first kappa shape index (κ1) is 18.3. The summed E-state index contributed by atoms with van der Waals surface area (Å²) in [7, 11) is -3.87. The van der Waals surface area contributed by atoms with Gasteiger partial charge in [-0.3, -0.25) is 9.36 Å². The minimum atomic E-state index is -3.87. The Balaban J connectivity index is 2.00. The first-order chi connectivity index (χ1) is 12.8. The first-order valence-corrected chi connectivity index (χ1v) is 9.35. The van der Waals surface area contributed by atoms with Gasteiger partial charge in [0.25, 0.3) is 15.6 Å². The fourth-order valence-electron chi connectivity index (χ4n) is 2.65. The highest BCUT2D eigenvalue weighted by Gasteiger charge is 2.17. The van der Waals surface area contributed by atoms with Crippen LogP contribution in [-0.2, 0) is 10.0 Å². The number of sulfonamides is 1. The van der Waals surface area contributed by atoms with E-state index in [4.69, 9.17) is 0 Å². The van der Waals surface area contributed by atoms with Crippen LogP contribution in [0.3, 0.4) is 0 Å². The van der Waals surface area contributed by atoms with Gasteiger partial charge in [-0.2, -0.15) is 5.26 Å². The van der Waals surface area contributed by atoms with Crippen LogP contribution in [0, 0.1) is 25.2 Å². The van der Waals surface area contributed by atoms with E-state index in [0.717, 1.165) is 0 Å². The summed E-state index contributed by atoms with van der Waals surface area (Å²) in [5, 5.41) is 9.19. The van der Waals surface area contributed by atoms with E-state index < -0.39 is 15.6 Å². The summed E-state index contributed by atoms with van der Waals surface area (Å²) in [6, 6.07) is 11.0. The number of nitrogens with one attached hydrogen (secondary N) is 1. The van der Waals surface area contributed by atoms with Crippen molar-refractivity contribution in [2.75, 3.05) is 4.72 Å². The molecular weight excluding hydrogens is 366 g/mol. The van der Waals surface area contributed by atoms with E-state index in [-0.39, 0.29) is 16.4 Å². The van der Waals surface area contributed by atoms with Gasteiger partial charge < -0.3 is 0 Å². The van der Waals surface area contributed by atoms with Crippen molar-refractivity contribution in [1.82, 2.24) is 14.5 Å². The van der Waals surface area contributed by atoms with Gasteiger partial charge in [-0.25, -0.2) is 23.1 Å². The number of aryl methyl sites for hydroxylation is 2. The third-order valence-electron chi connectivity index (χ3n) is 3.90. The van der Waals surface area contributed by atoms with Crippen LogP contribution in [0.2, 0.25) is 0 Å². The Labute approximate surface area is 155 Å². The molecule has 0 fully saturated rings. The van der Waals surface area contributed by atoms with Gasteiger partial charge >= 0.3 is 0 Å². The van der Waals surface area contributed by atoms with Crippen molar-refractivity contribution in [3.8, 4) is 11.8 Å². The predicted octanol–water partition coefficient (Wildman–Crippen LogP) is 1.92. The van der Waals surface area contributed by atoms with Crippen molar-refractivity contribution in [1.29, 1.82) is 5.26 Å². The SMILES string of the molecule is Cc1cc(C)n(-c2ccc(S(=O)(=O)Nc3ncccn3)cc2)c(=O)c1C#N. The lowest BCUT2D eigenvalue weighted by molar-refractivity contribution is 0.601. The standard InChI is InChI=1S/C18H15N5O3S/c1-12-10-13(2)23(17(24)16(12)11-19)14-4-6-15(7-5-14)27(25,26)22-18-20-8-3-9-21-18/h3-10H,1-2H3,(H,20,21,22). The van der Waals surface area contributed by atoms with Crippen LogP contribution in [0.1, 0.15) is 16.8 Å². The molecule has 9 heteroatoms. The molecule has 0 amide bonds. The van der Waals surface area contributed by atoms with Crippen molar-refractivity contribution < 1.29 is 8.42 Å². The minimum absolute atomic E-state index is 0.00276. The summed E-state index contributed by atoms with van der Waals surface area (Å²) in [5.41, 5.74) is 1.32. The zero-order valence-electron chi connectivity index (χ0n) is 14.5. The fraction of sp³-hybridized carbons (Fsp3) is 0.111. The summed E-state index contributed by atoms with van der Waals surface area (Å²) in [4.78, 5) is 20.2. The Morgan fingerprint density at radius 1 is 1.11 bits per heavy atom. The van der Waals surface area contributed by atoms with Gasteiger partial charge in [0.1, 0.15) is 11.6 Å². The molecule has 0 bridgehead atoms. The number of rotatable bonds is 4. The van der Waals surface area contributed by atoms with Crippen LogP contribution in [0.25, 0.3) is 5.69 Å². The van der Waals surface area contributed by atoms with E-state index in [1.165, 1.54) is 41.2 Å². The second kappa shape index (κ2) is 7.01. The molecule has 0 aliphatic carbocycles. The van der Waals surface area contributed by atoms with Crippen LogP contribution in [0.5, 0.6) is 0 Å². The van der Waals surface area contributed by atoms with E-state index in [1.807, 2.05) is 6.07 Å². The van der Waals surface area contributed by atoms with E-state index in [0.29, 0.717) is 16.9 Å². The molecule has 0 aliphatic rings. The van der Waals surface area contributed by atoms with Crippen molar-refractivity contribution in [3.63, 3.8) is 0 Å². The van der Waals surface area contributed by atoms with E-state index in [9.17, 15) is 18.5 Å². The number of hydrogen-bond acceptors (Lipinski definition) is 6. The van der Waals surface area contributed by atoms with Crippen molar-refractivity contribution in [2.24, 2.45) is 0 Å². The number of nitrogens with zero attached hydrogens (tertiary/aromatic N) is 4. The number of nitriles is 1. The first-order valence-electron chi connectivity index (χ1n) is 7.87. The topological polar surface area (TPSA) is 118 Å². The summed E-state index contributed by atoms with van der Waals surface area (Å²) in [6.07, 6.45) is 2.85. The largest absolute Gasteiger partial charge is 0.280 e. The molecule has 2 aromatic heterocycles. The van der Waals surface area contributed by atoms with Gasteiger partial charge in [-0.05, 0) is 55.8 Å². The number of benzene rings is 1. The summed E-state index contributed by atoms with van der Waals surface area (Å²) >= 11 is 0. The van der Waals surface area contributed by atoms with Gasteiger partial charge in [0.15, 0.2) is 0 Å². The Morgan fingerprint density at radius 3 is 2.33 bits per heavy atom. The highest BCUT2D eigenvalue weighted by molar-refractivity contribution is 7.92. The molecule has 8 nitrogen and oxygen atoms in total. The normalized spacial score (nSPS) is 11.0. The molecule has 1 aromatic carbocycles. The van der Waals surface area contributed by atoms with Crippen molar-refractivity contribution >= 4 is 16.0 Å². The molecule has 0 spiro atoms. The monoisotopic (exact) mass is 381 g/mol. The lowest BCUT2D eigenvalue weighted by atomic mass is 10.1. The maximum atomic E-state index is 12.6. The van der Waals surface area contributed by atoms with Gasteiger partial charge in [0.05, 0.1) is 4.90 Å². The van der Waals surface area contributed by atoms with E-state index in [1.54, 1.807) is 26.0 Å². The molecule has 0 radical (unpaired) electrons. The summed E-state index contributed by atoms with van der Waals surface area (Å²) in [5.74, 6) is -0.0363. The van der Waals surface area contributed by atoms with Gasteiger partial charge in [0, 0.05) is 23.8 Å². The van der Waals surface area contributed by atoms with Gasteiger partial charge in [-0.15, -0.1) is 0 Å². The molecule has 0 atom stereocenters. The molecule has 3 rings (SSSR count). The van der Waals surface area contributed by atoms with Crippen LogP contribution in [-0.4, -0.2) is 23.0 Å². The Kier molecular flexibility index (Phi) is 4.75. The molecule has 2 heterocycles. The predicted molar refractivity (Wildman–Crippen MR) is 99.1 cm³/mol. The number of pyridine rings is 1. The van der Waals surface area contributed by atoms with Crippen LogP contribution < -0.4 is 10.3 Å². The smallest absolute Gasteiger partial charge is 0.273 e. The third kappa shape index (κ3) is 3.56. The molecule has 0 saturated carbocycles. The molecule has 0 aliphatic heterocycles. The molecule has 0 saturated heterocycles.